The number of hydrogen-bond donors (Lipinski definition) is 2. The molecule has 0 unspecified atom stereocenters. The molecule has 2 aromatic rings. The Labute approximate surface area is 118 Å². The molecular formula is C14H19N5O. The van der Waals surface area contributed by atoms with Crippen LogP contribution < -0.4 is 11.1 Å². The van der Waals surface area contributed by atoms with Crippen LogP contribution in [0.15, 0.2) is 24.3 Å². The largest absolute Gasteiger partial charge is 0.326 e. The Kier molecular flexibility index (Phi) is 4.47. The van der Waals surface area contributed by atoms with Crippen LogP contribution in [0.2, 0.25) is 0 Å². The Morgan fingerprint density at radius 1 is 1.35 bits per heavy atom. The number of anilines is 1. The van der Waals surface area contributed by atoms with Crippen molar-refractivity contribution in [1.82, 2.24) is 14.8 Å². The lowest BCUT2D eigenvalue weighted by Crippen LogP contribution is -2.17. The van der Waals surface area contributed by atoms with E-state index in [1.165, 1.54) is 0 Å². The Balaban J connectivity index is 1.94. The smallest absolute Gasteiger partial charge is 0.226 e. The third kappa shape index (κ3) is 3.42. The van der Waals surface area contributed by atoms with Gasteiger partial charge in [-0.1, -0.05) is 18.2 Å². The van der Waals surface area contributed by atoms with Gasteiger partial charge < -0.3 is 11.1 Å². The fraction of sp³-hybridized carbons (Fsp3) is 0.357. The second kappa shape index (κ2) is 6.29. The van der Waals surface area contributed by atoms with Crippen LogP contribution in [0.5, 0.6) is 0 Å². The van der Waals surface area contributed by atoms with Crippen LogP contribution in [0.4, 0.5) is 5.69 Å². The molecule has 106 valence electrons. The van der Waals surface area contributed by atoms with Crippen molar-refractivity contribution in [2.24, 2.45) is 5.73 Å². The maximum atomic E-state index is 12.0. The summed E-state index contributed by atoms with van der Waals surface area (Å²) in [5, 5.41) is 7.11. The zero-order valence-corrected chi connectivity index (χ0v) is 11.8. The van der Waals surface area contributed by atoms with E-state index < -0.39 is 0 Å². The van der Waals surface area contributed by atoms with E-state index in [1.807, 2.05) is 38.1 Å². The van der Waals surface area contributed by atoms with Gasteiger partial charge in [-0.2, -0.15) is 5.10 Å². The molecule has 1 aromatic heterocycles. The minimum absolute atomic E-state index is 0.0570. The Morgan fingerprint density at radius 3 is 2.75 bits per heavy atom. The molecule has 1 heterocycles. The molecule has 0 saturated heterocycles. The number of nitrogens with one attached hydrogen (secondary N) is 1. The first-order valence-corrected chi connectivity index (χ1v) is 6.56. The molecule has 2 rings (SSSR count). The van der Waals surface area contributed by atoms with Crippen molar-refractivity contribution < 1.29 is 4.79 Å². The number of carbonyl (C=O) groups is 1. The molecule has 1 amide bonds. The number of amides is 1. The summed E-state index contributed by atoms with van der Waals surface area (Å²) in [6.45, 7) is 4.63. The van der Waals surface area contributed by atoms with Crippen molar-refractivity contribution in [3.05, 3.63) is 41.5 Å². The molecule has 0 aliphatic carbocycles. The lowest BCUT2D eigenvalue weighted by molar-refractivity contribution is -0.116. The van der Waals surface area contributed by atoms with Crippen LogP contribution in [0, 0.1) is 13.8 Å². The summed E-state index contributed by atoms with van der Waals surface area (Å²) in [5.41, 5.74) is 7.33. The van der Waals surface area contributed by atoms with Gasteiger partial charge in [-0.3, -0.25) is 4.79 Å². The highest BCUT2D eigenvalue weighted by molar-refractivity contribution is 5.91. The predicted octanol–water partition coefficient (Wildman–Crippen LogP) is 1.38. The first kappa shape index (κ1) is 14.2. The van der Waals surface area contributed by atoms with Crippen LogP contribution in [0.1, 0.15) is 23.6 Å². The van der Waals surface area contributed by atoms with Crippen LogP contribution in [-0.2, 0) is 17.9 Å². The summed E-state index contributed by atoms with van der Waals surface area (Å²) < 4.78 is 1.74. The van der Waals surface area contributed by atoms with Crippen molar-refractivity contribution in [3.63, 3.8) is 0 Å². The van der Waals surface area contributed by atoms with E-state index >= 15 is 0 Å². The zero-order valence-electron chi connectivity index (χ0n) is 11.8. The first-order chi connectivity index (χ1) is 9.60. The number of nitrogens with two attached hydrogens (primary N) is 1. The van der Waals surface area contributed by atoms with Gasteiger partial charge in [0.1, 0.15) is 11.6 Å². The molecule has 1 aromatic carbocycles. The Hall–Kier alpha value is -2.21. The van der Waals surface area contributed by atoms with Gasteiger partial charge >= 0.3 is 0 Å². The SMILES string of the molecule is Cc1nc(C)n(CCC(=O)Nc2ccccc2CN)n1. The van der Waals surface area contributed by atoms with E-state index in [-0.39, 0.29) is 5.91 Å². The molecule has 0 fully saturated rings. The normalized spacial score (nSPS) is 10.6. The summed E-state index contributed by atoms with van der Waals surface area (Å²) in [6.07, 6.45) is 0.350. The summed E-state index contributed by atoms with van der Waals surface area (Å²) in [4.78, 5) is 16.2. The number of nitrogens with zero attached hydrogens (tertiary/aromatic N) is 3. The number of aromatic nitrogens is 3. The number of benzene rings is 1. The van der Waals surface area contributed by atoms with Crippen LogP contribution in [0.3, 0.4) is 0 Å². The Bertz CT molecular complexity index is 605. The second-order valence-electron chi connectivity index (χ2n) is 4.59. The van der Waals surface area contributed by atoms with Gasteiger partial charge in [0.25, 0.3) is 0 Å². The summed E-state index contributed by atoms with van der Waals surface area (Å²) in [6, 6.07) is 7.53. The number of aryl methyl sites for hydroxylation is 3. The standard InChI is InChI=1S/C14H19N5O/c1-10-16-11(2)19(18-10)8-7-14(20)17-13-6-4-3-5-12(13)9-15/h3-6H,7-9,15H2,1-2H3,(H,17,20). The average Bonchev–Trinajstić information content (AvgIpc) is 2.75. The summed E-state index contributed by atoms with van der Waals surface area (Å²) in [5.74, 6) is 1.48. The van der Waals surface area contributed by atoms with Gasteiger partial charge in [-0.25, -0.2) is 9.67 Å². The Morgan fingerprint density at radius 2 is 2.10 bits per heavy atom. The molecule has 0 atom stereocenters. The maximum absolute atomic E-state index is 12.0. The maximum Gasteiger partial charge on any atom is 0.226 e. The second-order valence-corrected chi connectivity index (χ2v) is 4.59. The lowest BCUT2D eigenvalue weighted by atomic mass is 10.2. The molecule has 0 aliphatic rings. The predicted molar refractivity (Wildman–Crippen MR) is 77.1 cm³/mol. The molecule has 0 bridgehead atoms. The number of hydrogen-bond acceptors (Lipinski definition) is 4. The van der Waals surface area contributed by atoms with Crippen LogP contribution in [-0.4, -0.2) is 20.7 Å². The van der Waals surface area contributed by atoms with Crippen molar-refractivity contribution in [2.45, 2.75) is 33.4 Å². The van der Waals surface area contributed by atoms with Crippen LogP contribution in [0.25, 0.3) is 0 Å². The first-order valence-electron chi connectivity index (χ1n) is 6.56. The van der Waals surface area contributed by atoms with Gasteiger partial charge in [-0.15, -0.1) is 0 Å². The molecular weight excluding hydrogens is 254 g/mol. The fourth-order valence-corrected chi connectivity index (χ4v) is 2.01. The number of carbonyl (C=O) groups excluding carboxylic acids is 1. The highest BCUT2D eigenvalue weighted by Gasteiger charge is 2.08. The van der Waals surface area contributed by atoms with Crippen molar-refractivity contribution in [2.75, 3.05) is 5.32 Å². The van der Waals surface area contributed by atoms with E-state index in [0.717, 1.165) is 22.9 Å². The fourth-order valence-electron chi connectivity index (χ4n) is 2.01. The van der Waals surface area contributed by atoms with Gasteiger partial charge in [0.2, 0.25) is 5.91 Å². The number of para-hydroxylation sites is 1. The molecule has 6 nitrogen and oxygen atoms in total. The van der Waals surface area contributed by atoms with E-state index in [0.29, 0.717) is 19.5 Å². The summed E-state index contributed by atoms with van der Waals surface area (Å²) in [7, 11) is 0. The minimum atomic E-state index is -0.0570. The van der Waals surface area contributed by atoms with E-state index in [1.54, 1.807) is 4.68 Å². The van der Waals surface area contributed by atoms with E-state index in [2.05, 4.69) is 15.4 Å². The molecule has 3 N–H and O–H groups in total. The van der Waals surface area contributed by atoms with Crippen molar-refractivity contribution in [1.29, 1.82) is 0 Å². The highest BCUT2D eigenvalue weighted by atomic mass is 16.1. The molecule has 0 spiro atoms. The third-order valence-corrected chi connectivity index (χ3v) is 3.02. The molecule has 20 heavy (non-hydrogen) atoms. The van der Waals surface area contributed by atoms with E-state index in [9.17, 15) is 4.79 Å². The van der Waals surface area contributed by atoms with E-state index in [4.69, 9.17) is 5.73 Å². The molecule has 0 aliphatic heterocycles. The van der Waals surface area contributed by atoms with Gasteiger partial charge in [0.05, 0.1) is 6.54 Å². The van der Waals surface area contributed by atoms with Gasteiger partial charge in [-0.05, 0) is 25.5 Å². The number of rotatable bonds is 5. The van der Waals surface area contributed by atoms with Gasteiger partial charge in [0, 0.05) is 18.7 Å². The zero-order chi connectivity index (χ0) is 14.5. The lowest BCUT2D eigenvalue weighted by Gasteiger charge is -2.09. The topological polar surface area (TPSA) is 85.8 Å². The quantitative estimate of drug-likeness (QED) is 0.861. The van der Waals surface area contributed by atoms with Crippen molar-refractivity contribution >= 4 is 11.6 Å². The average molecular weight is 273 g/mol. The molecule has 6 heteroatoms. The van der Waals surface area contributed by atoms with Crippen LogP contribution >= 0.6 is 0 Å². The monoisotopic (exact) mass is 273 g/mol. The third-order valence-electron chi connectivity index (χ3n) is 3.02. The molecule has 0 saturated carbocycles. The van der Waals surface area contributed by atoms with Crippen molar-refractivity contribution in [3.8, 4) is 0 Å². The summed E-state index contributed by atoms with van der Waals surface area (Å²) >= 11 is 0. The minimum Gasteiger partial charge on any atom is -0.326 e. The highest BCUT2D eigenvalue weighted by Crippen LogP contribution is 2.14. The molecule has 0 radical (unpaired) electrons. The van der Waals surface area contributed by atoms with Gasteiger partial charge in [0.15, 0.2) is 0 Å².